The number of hydrogen-bond donors (Lipinski definition) is 1. The fourth-order valence-electron chi connectivity index (χ4n) is 1.96. The third-order valence-corrected chi connectivity index (χ3v) is 3.22. The van der Waals surface area contributed by atoms with Crippen molar-refractivity contribution in [2.24, 2.45) is 0 Å². The van der Waals surface area contributed by atoms with E-state index in [1.54, 1.807) is 7.11 Å². The van der Waals surface area contributed by atoms with E-state index in [0.717, 1.165) is 29.2 Å². The van der Waals surface area contributed by atoms with E-state index in [9.17, 15) is 0 Å². The largest absolute Gasteiger partial charge is 0.481 e. The Kier molecular flexibility index (Phi) is 5.32. The van der Waals surface area contributed by atoms with Crippen LogP contribution in [0.15, 0.2) is 36.7 Å². The molecular formula is C15H18ClN3O. The minimum atomic E-state index is 0.00381. The lowest BCUT2D eigenvalue weighted by Crippen LogP contribution is -2.24. The molecule has 2 aromatic rings. The summed E-state index contributed by atoms with van der Waals surface area (Å²) in [6.45, 7) is 3.03. The Bertz CT molecular complexity index is 545. The maximum absolute atomic E-state index is 5.95. The van der Waals surface area contributed by atoms with Crippen molar-refractivity contribution in [2.75, 3.05) is 13.7 Å². The summed E-state index contributed by atoms with van der Waals surface area (Å²) in [7, 11) is 1.60. The molecule has 0 bridgehead atoms. The van der Waals surface area contributed by atoms with Crippen molar-refractivity contribution in [2.45, 2.75) is 19.4 Å². The number of nitrogens with one attached hydrogen (secondary N) is 1. The van der Waals surface area contributed by atoms with Gasteiger partial charge in [-0.2, -0.15) is 0 Å². The van der Waals surface area contributed by atoms with Gasteiger partial charge >= 0.3 is 0 Å². The average Bonchev–Trinajstić information content (AvgIpc) is 2.49. The second-order valence-corrected chi connectivity index (χ2v) is 4.86. The van der Waals surface area contributed by atoms with Gasteiger partial charge in [0, 0.05) is 11.1 Å². The van der Waals surface area contributed by atoms with Gasteiger partial charge in [0.15, 0.2) is 0 Å². The molecule has 106 valence electrons. The van der Waals surface area contributed by atoms with Crippen molar-refractivity contribution in [3.05, 3.63) is 52.9 Å². The molecule has 20 heavy (non-hydrogen) atoms. The van der Waals surface area contributed by atoms with Crippen molar-refractivity contribution in [3.63, 3.8) is 0 Å². The first-order valence-electron chi connectivity index (χ1n) is 6.59. The lowest BCUT2D eigenvalue weighted by Gasteiger charge is -2.18. The Morgan fingerprint density at radius 3 is 2.65 bits per heavy atom. The van der Waals surface area contributed by atoms with E-state index in [-0.39, 0.29) is 6.04 Å². The van der Waals surface area contributed by atoms with Gasteiger partial charge in [-0.3, -0.25) is 0 Å². The zero-order valence-electron chi connectivity index (χ0n) is 11.6. The van der Waals surface area contributed by atoms with E-state index in [1.807, 2.05) is 30.3 Å². The highest BCUT2D eigenvalue weighted by molar-refractivity contribution is 6.30. The maximum atomic E-state index is 5.95. The second-order valence-electron chi connectivity index (χ2n) is 4.42. The third kappa shape index (κ3) is 3.68. The number of aromatic nitrogens is 2. The molecule has 0 saturated carbocycles. The fraction of sp³-hybridized carbons (Fsp3) is 0.333. The summed E-state index contributed by atoms with van der Waals surface area (Å²) >= 11 is 5.95. The Morgan fingerprint density at radius 2 is 2.00 bits per heavy atom. The van der Waals surface area contributed by atoms with Crippen LogP contribution in [0.4, 0.5) is 0 Å². The van der Waals surface area contributed by atoms with E-state index in [1.165, 1.54) is 6.33 Å². The normalized spacial score (nSPS) is 12.2. The molecule has 0 fully saturated rings. The van der Waals surface area contributed by atoms with Crippen molar-refractivity contribution in [1.82, 2.24) is 15.3 Å². The smallest absolute Gasteiger partial charge is 0.216 e. The van der Waals surface area contributed by atoms with Gasteiger partial charge in [0.25, 0.3) is 0 Å². The summed E-state index contributed by atoms with van der Waals surface area (Å²) in [6.07, 6.45) is 2.57. The minimum absolute atomic E-state index is 0.00381. The van der Waals surface area contributed by atoms with E-state index in [2.05, 4.69) is 22.2 Å². The number of nitrogens with zero attached hydrogens (tertiary/aromatic N) is 2. The second kappa shape index (κ2) is 7.22. The molecule has 1 unspecified atom stereocenters. The SMILES string of the molecule is CCCNC(c1ccc(Cl)cc1)c1cc(OC)ncn1. The van der Waals surface area contributed by atoms with Crippen LogP contribution in [0.25, 0.3) is 0 Å². The summed E-state index contributed by atoms with van der Waals surface area (Å²) in [5.74, 6) is 0.562. The van der Waals surface area contributed by atoms with E-state index >= 15 is 0 Å². The van der Waals surface area contributed by atoms with Gasteiger partial charge in [0.05, 0.1) is 18.8 Å². The van der Waals surface area contributed by atoms with Crippen LogP contribution < -0.4 is 10.1 Å². The molecule has 5 heteroatoms. The van der Waals surface area contributed by atoms with Crippen molar-refractivity contribution in [1.29, 1.82) is 0 Å². The Morgan fingerprint density at radius 1 is 1.25 bits per heavy atom. The van der Waals surface area contributed by atoms with Crippen LogP contribution in [0.5, 0.6) is 5.88 Å². The van der Waals surface area contributed by atoms with Crippen LogP contribution in [-0.2, 0) is 0 Å². The van der Waals surface area contributed by atoms with Crippen molar-refractivity contribution < 1.29 is 4.74 Å². The van der Waals surface area contributed by atoms with Crippen LogP contribution in [0.2, 0.25) is 5.02 Å². The predicted octanol–water partition coefficient (Wildman–Crippen LogP) is 3.23. The van der Waals surface area contributed by atoms with Gasteiger partial charge in [-0.15, -0.1) is 0 Å². The number of halogens is 1. The van der Waals surface area contributed by atoms with Gasteiger partial charge < -0.3 is 10.1 Å². The van der Waals surface area contributed by atoms with Crippen LogP contribution in [0.1, 0.15) is 30.6 Å². The van der Waals surface area contributed by atoms with Crippen LogP contribution in [0.3, 0.4) is 0 Å². The highest BCUT2D eigenvalue weighted by atomic mass is 35.5. The molecule has 0 aliphatic heterocycles. The van der Waals surface area contributed by atoms with Crippen LogP contribution >= 0.6 is 11.6 Å². The fourth-order valence-corrected chi connectivity index (χ4v) is 2.09. The van der Waals surface area contributed by atoms with E-state index < -0.39 is 0 Å². The molecule has 0 amide bonds. The first-order chi connectivity index (χ1) is 9.74. The van der Waals surface area contributed by atoms with Gasteiger partial charge in [0.1, 0.15) is 6.33 Å². The van der Waals surface area contributed by atoms with Crippen molar-refractivity contribution >= 4 is 11.6 Å². The Labute approximate surface area is 124 Å². The van der Waals surface area contributed by atoms with E-state index in [4.69, 9.17) is 16.3 Å². The molecule has 0 aliphatic rings. The standard InChI is InChI=1S/C15H18ClN3O/c1-3-8-17-15(11-4-6-12(16)7-5-11)13-9-14(20-2)19-10-18-13/h4-7,9-10,15,17H,3,8H2,1-2H3. The van der Waals surface area contributed by atoms with Crippen molar-refractivity contribution in [3.8, 4) is 5.88 Å². The minimum Gasteiger partial charge on any atom is -0.481 e. The summed E-state index contributed by atoms with van der Waals surface area (Å²) < 4.78 is 5.16. The Balaban J connectivity index is 2.32. The molecule has 0 aliphatic carbocycles. The topological polar surface area (TPSA) is 47.0 Å². The summed E-state index contributed by atoms with van der Waals surface area (Å²) in [5.41, 5.74) is 2.00. The molecule has 2 rings (SSSR count). The molecule has 1 heterocycles. The van der Waals surface area contributed by atoms with Gasteiger partial charge in [-0.25, -0.2) is 9.97 Å². The number of benzene rings is 1. The first-order valence-corrected chi connectivity index (χ1v) is 6.97. The summed E-state index contributed by atoms with van der Waals surface area (Å²) in [6, 6.07) is 9.63. The van der Waals surface area contributed by atoms with Gasteiger partial charge in [-0.05, 0) is 30.7 Å². The number of hydrogen-bond acceptors (Lipinski definition) is 4. The quantitative estimate of drug-likeness (QED) is 0.888. The third-order valence-electron chi connectivity index (χ3n) is 2.97. The maximum Gasteiger partial charge on any atom is 0.216 e. The average molecular weight is 292 g/mol. The highest BCUT2D eigenvalue weighted by Gasteiger charge is 2.15. The molecule has 0 spiro atoms. The number of methoxy groups -OCH3 is 1. The van der Waals surface area contributed by atoms with Gasteiger partial charge in [0.2, 0.25) is 5.88 Å². The Hall–Kier alpha value is -1.65. The summed E-state index contributed by atoms with van der Waals surface area (Å²) in [4.78, 5) is 8.40. The van der Waals surface area contributed by atoms with E-state index in [0.29, 0.717) is 5.88 Å². The molecule has 1 N–H and O–H groups in total. The van der Waals surface area contributed by atoms with Crippen LogP contribution in [0, 0.1) is 0 Å². The molecule has 0 radical (unpaired) electrons. The molecule has 1 aromatic carbocycles. The zero-order valence-corrected chi connectivity index (χ0v) is 12.4. The molecule has 1 aromatic heterocycles. The lowest BCUT2D eigenvalue weighted by atomic mass is 10.0. The molecule has 4 nitrogen and oxygen atoms in total. The van der Waals surface area contributed by atoms with Crippen LogP contribution in [-0.4, -0.2) is 23.6 Å². The highest BCUT2D eigenvalue weighted by Crippen LogP contribution is 2.23. The summed E-state index contributed by atoms with van der Waals surface area (Å²) in [5, 5.41) is 4.21. The zero-order chi connectivity index (χ0) is 14.4. The number of ether oxygens (including phenoxy) is 1. The lowest BCUT2D eigenvalue weighted by molar-refractivity contribution is 0.394. The molecule has 0 saturated heterocycles. The number of rotatable bonds is 6. The molecular weight excluding hydrogens is 274 g/mol. The molecule has 1 atom stereocenters. The van der Waals surface area contributed by atoms with Gasteiger partial charge in [-0.1, -0.05) is 30.7 Å². The predicted molar refractivity (Wildman–Crippen MR) is 80.2 cm³/mol. The monoisotopic (exact) mass is 291 g/mol. The first kappa shape index (κ1) is 14.8.